The molecule has 0 aliphatic heterocycles. The molecule has 0 heterocycles. The predicted molar refractivity (Wildman–Crippen MR) is 80.1 cm³/mol. The average Bonchev–Trinajstić information content (AvgIpc) is 2.49. The van der Waals surface area contributed by atoms with Gasteiger partial charge in [0.2, 0.25) is 0 Å². The summed E-state index contributed by atoms with van der Waals surface area (Å²) in [5.41, 5.74) is 4.14. The van der Waals surface area contributed by atoms with E-state index in [1.165, 1.54) is 20.3 Å². The van der Waals surface area contributed by atoms with Gasteiger partial charge in [-0.2, -0.15) is 0 Å². The van der Waals surface area contributed by atoms with Gasteiger partial charge in [0.25, 0.3) is 0 Å². The molecule has 21 heavy (non-hydrogen) atoms. The Hall–Kier alpha value is -1.82. The molecule has 4 nitrogen and oxygen atoms in total. The number of hydrogen-bond acceptors (Lipinski definition) is 4. The Bertz CT molecular complexity index is 637. The van der Waals surface area contributed by atoms with Gasteiger partial charge in [-0.1, -0.05) is 23.7 Å². The number of methoxy groups -OCH3 is 2. The number of nitrogens with one attached hydrogen (secondary N) is 1. The number of rotatable bonds is 5. The lowest BCUT2D eigenvalue weighted by Gasteiger charge is -2.18. The summed E-state index contributed by atoms with van der Waals surface area (Å²) >= 11 is 6.00. The molecule has 6 heteroatoms. The van der Waals surface area contributed by atoms with Crippen molar-refractivity contribution in [1.29, 1.82) is 0 Å². The zero-order chi connectivity index (χ0) is 15.4. The lowest BCUT2D eigenvalue weighted by molar-refractivity contribution is 0.385. The first-order valence-electron chi connectivity index (χ1n) is 6.23. The van der Waals surface area contributed by atoms with Gasteiger partial charge in [0, 0.05) is 0 Å². The SMILES string of the molecule is COc1ccc(C(NN)c2ccc(Cl)c(OC)c2)cc1F. The summed E-state index contributed by atoms with van der Waals surface area (Å²) in [5, 5.41) is 0.498. The third-order valence-corrected chi connectivity index (χ3v) is 3.50. The molecule has 0 bridgehead atoms. The average molecular weight is 311 g/mol. The molecule has 2 rings (SSSR count). The van der Waals surface area contributed by atoms with Crippen LogP contribution in [-0.2, 0) is 0 Å². The number of ether oxygens (including phenoxy) is 2. The maximum atomic E-state index is 13.8. The Kier molecular flexibility index (Phi) is 5.01. The molecule has 1 atom stereocenters. The number of benzene rings is 2. The van der Waals surface area contributed by atoms with Crippen molar-refractivity contribution in [3.8, 4) is 11.5 Å². The van der Waals surface area contributed by atoms with Gasteiger partial charge in [-0.05, 0) is 35.4 Å². The van der Waals surface area contributed by atoms with E-state index in [0.29, 0.717) is 16.3 Å². The first-order chi connectivity index (χ1) is 10.1. The molecular weight excluding hydrogens is 295 g/mol. The Balaban J connectivity index is 2.41. The Morgan fingerprint density at radius 2 is 1.67 bits per heavy atom. The molecule has 0 radical (unpaired) electrons. The summed E-state index contributed by atoms with van der Waals surface area (Å²) < 4.78 is 23.9. The van der Waals surface area contributed by atoms with Gasteiger partial charge in [-0.15, -0.1) is 0 Å². The van der Waals surface area contributed by atoms with Crippen molar-refractivity contribution in [2.75, 3.05) is 14.2 Å². The maximum absolute atomic E-state index is 13.8. The Morgan fingerprint density at radius 1 is 1.05 bits per heavy atom. The fourth-order valence-corrected chi connectivity index (χ4v) is 2.30. The minimum absolute atomic E-state index is 0.184. The van der Waals surface area contributed by atoms with Gasteiger partial charge in [0.15, 0.2) is 11.6 Å². The van der Waals surface area contributed by atoms with Crippen molar-refractivity contribution in [1.82, 2.24) is 5.43 Å². The lowest BCUT2D eigenvalue weighted by Crippen LogP contribution is -2.29. The van der Waals surface area contributed by atoms with Gasteiger partial charge in [0.05, 0.1) is 25.3 Å². The van der Waals surface area contributed by atoms with Crippen LogP contribution in [0.2, 0.25) is 5.02 Å². The fraction of sp³-hybridized carbons (Fsp3) is 0.200. The summed E-state index contributed by atoms with van der Waals surface area (Å²) in [5.74, 6) is 5.88. The summed E-state index contributed by atoms with van der Waals surface area (Å²) in [6, 6.07) is 9.56. The molecule has 112 valence electrons. The Labute approximate surface area is 127 Å². The zero-order valence-corrected chi connectivity index (χ0v) is 12.4. The molecule has 0 amide bonds. The van der Waals surface area contributed by atoms with Gasteiger partial charge in [0.1, 0.15) is 5.75 Å². The highest BCUT2D eigenvalue weighted by Crippen LogP contribution is 2.31. The molecule has 0 saturated heterocycles. The third-order valence-electron chi connectivity index (χ3n) is 3.18. The van der Waals surface area contributed by atoms with Crippen LogP contribution in [-0.4, -0.2) is 14.2 Å². The molecule has 0 aliphatic rings. The molecular formula is C15H16ClFN2O2. The van der Waals surface area contributed by atoms with Crippen LogP contribution >= 0.6 is 11.6 Å². The second-order valence-electron chi connectivity index (χ2n) is 4.39. The fourth-order valence-electron chi connectivity index (χ4n) is 2.10. The minimum Gasteiger partial charge on any atom is -0.495 e. The molecule has 0 aliphatic carbocycles. The van der Waals surface area contributed by atoms with Crippen LogP contribution in [0.5, 0.6) is 11.5 Å². The first-order valence-corrected chi connectivity index (χ1v) is 6.61. The van der Waals surface area contributed by atoms with E-state index in [1.807, 2.05) is 0 Å². The van der Waals surface area contributed by atoms with Crippen molar-refractivity contribution in [2.45, 2.75) is 6.04 Å². The topological polar surface area (TPSA) is 56.5 Å². The van der Waals surface area contributed by atoms with E-state index < -0.39 is 11.9 Å². The van der Waals surface area contributed by atoms with Crippen LogP contribution in [0.4, 0.5) is 4.39 Å². The standard InChI is InChI=1S/C15H16ClFN2O2/c1-20-13-6-4-9(7-12(13)17)15(19-18)10-3-5-11(16)14(8-10)21-2/h3-8,15,19H,18H2,1-2H3. The normalized spacial score (nSPS) is 12.0. The van der Waals surface area contributed by atoms with Gasteiger partial charge in [-0.25, -0.2) is 9.82 Å². The van der Waals surface area contributed by atoms with E-state index >= 15 is 0 Å². The number of hydrazine groups is 1. The minimum atomic E-state index is -0.448. The summed E-state index contributed by atoms with van der Waals surface area (Å²) in [4.78, 5) is 0. The number of nitrogens with two attached hydrogens (primary N) is 1. The van der Waals surface area contributed by atoms with E-state index in [2.05, 4.69) is 5.43 Å². The molecule has 3 N–H and O–H groups in total. The monoisotopic (exact) mass is 310 g/mol. The van der Waals surface area contributed by atoms with Gasteiger partial charge >= 0.3 is 0 Å². The van der Waals surface area contributed by atoms with E-state index in [0.717, 1.165) is 5.56 Å². The molecule has 0 saturated carbocycles. The summed E-state index contributed by atoms with van der Waals surface area (Å²) in [7, 11) is 2.95. The quantitative estimate of drug-likeness (QED) is 0.658. The van der Waals surface area contributed by atoms with Crippen LogP contribution in [0.1, 0.15) is 17.2 Å². The van der Waals surface area contributed by atoms with Crippen molar-refractivity contribution in [2.24, 2.45) is 5.84 Å². The predicted octanol–water partition coefficient (Wildman–Crippen LogP) is 3.05. The molecule has 0 aromatic heterocycles. The van der Waals surface area contributed by atoms with Gasteiger partial charge < -0.3 is 9.47 Å². The van der Waals surface area contributed by atoms with Crippen LogP contribution in [0.3, 0.4) is 0 Å². The number of halogens is 2. The molecule has 2 aromatic rings. The van der Waals surface area contributed by atoms with Crippen LogP contribution in [0.25, 0.3) is 0 Å². The van der Waals surface area contributed by atoms with Crippen molar-refractivity contribution < 1.29 is 13.9 Å². The van der Waals surface area contributed by atoms with E-state index in [1.54, 1.807) is 30.3 Å². The van der Waals surface area contributed by atoms with Crippen molar-refractivity contribution in [3.05, 3.63) is 58.4 Å². The molecule has 0 fully saturated rings. The van der Waals surface area contributed by atoms with E-state index in [-0.39, 0.29) is 5.75 Å². The number of hydrogen-bond donors (Lipinski definition) is 2. The molecule has 0 spiro atoms. The highest BCUT2D eigenvalue weighted by Gasteiger charge is 2.16. The molecule has 1 unspecified atom stereocenters. The van der Waals surface area contributed by atoms with Crippen molar-refractivity contribution >= 4 is 11.6 Å². The first kappa shape index (κ1) is 15.6. The molecule has 2 aromatic carbocycles. The van der Waals surface area contributed by atoms with Crippen LogP contribution < -0.4 is 20.7 Å². The highest BCUT2D eigenvalue weighted by atomic mass is 35.5. The second-order valence-corrected chi connectivity index (χ2v) is 4.79. The third kappa shape index (κ3) is 3.26. The Morgan fingerprint density at radius 3 is 2.24 bits per heavy atom. The largest absolute Gasteiger partial charge is 0.495 e. The second kappa shape index (κ2) is 6.76. The highest BCUT2D eigenvalue weighted by molar-refractivity contribution is 6.32. The lowest BCUT2D eigenvalue weighted by atomic mass is 9.99. The summed E-state index contributed by atoms with van der Waals surface area (Å²) in [6.07, 6.45) is 0. The van der Waals surface area contributed by atoms with Crippen molar-refractivity contribution in [3.63, 3.8) is 0 Å². The van der Waals surface area contributed by atoms with E-state index in [9.17, 15) is 4.39 Å². The van der Waals surface area contributed by atoms with Crippen LogP contribution in [0, 0.1) is 5.82 Å². The zero-order valence-electron chi connectivity index (χ0n) is 11.7. The van der Waals surface area contributed by atoms with Gasteiger partial charge in [-0.3, -0.25) is 5.84 Å². The van der Waals surface area contributed by atoms with Crippen LogP contribution in [0.15, 0.2) is 36.4 Å². The smallest absolute Gasteiger partial charge is 0.165 e. The maximum Gasteiger partial charge on any atom is 0.165 e. The summed E-state index contributed by atoms with van der Waals surface area (Å²) in [6.45, 7) is 0. The van der Waals surface area contributed by atoms with E-state index in [4.69, 9.17) is 26.9 Å².